The van der Waals surface area contributed by atoms with Crippen molar-refractivity contribution < 1.29 is 37.0 Å². The van der Waals surface area contributed by atoms with Gasteiger partial charge < -0.3 is 19.1 Å². The number of nitrogens with one attached hydrogen (secondary N) is 1. The Morgan fingerprint density at radius 1 is 1.09 bits per heavy atom. The maximum atomic E-state index is 12.4. The largest absolute Gasteiger partial charge is 0.573 e. The van der Waals surface area contributed by atoms with E-state index in [0.717, 1.165) is 23.0 Å². The lowest BCUT2D eigenvalue weighted by atomic mass is 10.2. The predicted molar refractivity (Wildman–Crippen MR) is 120 cm³/mol. The number of benzene rings is 2. The Labute approximate surface area is 197 Å². The molecular weight excluding hydrogens is 475 g/mol. The minimum atomic E-state index is -4.81. The quantitative estimate of drug-likeness (QED) is 0.396. The lowest BCUT2D eigenvalue weighted by Gasteiger charge is -2.26. The summed E-state index contributed by atoms with van der Waals surface area (Å²) in [6, 6.07) is 13.0. The van der Waals surface area contributed by atoms with Crippen LogP contribution < -0.4 is 10.1 Å². The highest BCUT2D eigenvalue weighted by Crippen LogP contribution is 2.31. The Bertz CT molecular complexity index is 1120. The monoisotopic (exact) mass is 497 g/mol. The standard InChI is InChI=1S/C22H22F3N3O5S/c1-14(2)28(13-15-6-4-3-5-7-15)21(30)32-11-10-31-20(29)27-19-26-17-9-8-16(12-18(17)34-19)33-22(23,24)25/h3-9,12,14H,10-11,13H2,1-2H3,(H,26,27,29). The molecule has 1 heterocycles. The van der Waals surface area contributed by atoms with E-state index in [0.29, 0.717) is 16.8 Å². The van der Waals surface area contributed by atoms with Gasteiger partial charge in [-0.25, -0.2) is 14.6 Å². The van der Waals surface area contributed by atoms with E-state index in [9.17, 15) is 22.8 Å². The first-order chi connectivity index (χ1) is 16.1. The molecule has 0 radical (unpaired) electrons. The number of anilines is 1. The molecule has 3 rings (SSSR count). The van der Waals surface area contributed by atoms with E-state index >= 15 is 0 Å². The second-order valence-electron chi connectivity index (χ2n) is 7.28. The molecule has 34 heavy (non-hydrogen) atoms. The summed E-state index contributed by atoms with van der Waals surface area (Å²) in [5.41, 5.74) is 1.34. The van der Waals surface area contributed by atoms with Crippen LogP contribution in [0.2, 0.25) is 0 Å². The number of alkyl halides is 3. The summed E-state index contributed by atoms with van der Waals surface area (Å²) in [7, 11) is 0. The molecule has 0 spiro atoms. The third-order valence-corrected chi connectivity index (χ3v) is 5.33. The Hall–Kier alpha value is -3.54. The fraction of sp³-hybridized carbons (Fsp3) is 0.318. The molecule has 0 saturated carbocycles. The highest BCUT2D eigenvalue weighted by Gasteiger charge is 2.31. The van der Waals surface area contributed by atoms with Gasteiger partial charge in [-0.15, -0.1) is 13.2 Å². The van der Waals surface area contributed by atoms with Crippen LogP contribution in [0.5, 0.6) is 5.75 Å². The third-order valence-electron chi connectivity index (χ3n) is 4.40. The molecule has 2 aromatic carbocycles. The predicted octanol–water partition coefficient (Wildman–Crippen LogP) is 5.79. The molecule has 0 aliphatic carbocycles. The number of aromatic nitrogens is 1. The first kappa shape index (κ1) is 25.1. The van der Waals surface area contributed by atoms with Gasteiger partial charge in [-0.3, -0.25) is 5.32 Å². The minimum Gasteiger partial charge on any atom is -0.446 e. The van der Waals surface area contributed by atoms with Crippen molar-refractivity contribution in [2.24, 2.45) is 0 Å². The second-order valence-corrected chi connectivity index (χ2v) is 8.31. The molecule has 0 fully saturated rings. The molecule has 0 aliphatic heterocycles. The van der Waals surface area contributed by atoms with Crippen molar-refractivity contribution in [1.82, 2.24) is 9.88 Å². The summed E-state index contributed by atoms with van der Waals surface area (Å²) >= 11 is 0.955. The van der Waals surface area contributed by atoms with Crippen LogP contribution in [-0.2, 0) is 16.0 Å². The van der Waals surface area contributed by atoms with E-state index in [2.05, 4.69) is 15.0 Å². The van der Waals surface area contributed by atoms with E-state index in [4.69, 9.17) is 9.47 Å². The highest BCUT2D eigenvalue weighted by atomic mass is 32.1. The van der Waals surface area contributed by atoms with E-state index in [1.807, 2.05) is 44.2 Å². The van der Waals surface area contributed by atoms with Crippen LogP contribution in [0.15, 0.2) is 48.5 Å². The van der Waals surface area contributed by atoms with Crippen molar-refractivity contribution in [1.29, 1.82) is 0 Å². The minimum absolute atomic E-state index is 0.0991. The van der Waals surface area contributed by atoms with E-state index < -0.39 is 18.5 Å². The summed E-state index contributed by atoms with van der Waals surface area (Å²) < 4.78 is 51.5. The number of carbonyl (C=O) groups is 2. The number of halogens is 3. The maximum Gasteiger partial charge on any atom is 0.573 e. The topological polar surface area (TPSA) is 90.0 Å². The van der Waals surface area contributed by atoms with Gasteiger partial charge in [-0.05, 0) is 31.5 Å². The smallest absolute Gasteiger partial charge is 0.446 e. The van der Waals surface area contributed by atoms with Gasteiger partial charge >= 0.3 is 18.5 Å². The van der Waals surface area contributed by atoms with E-state index in [1.165, 1.54) is 12.1 Å². The molecule has 0 bridgehead atoms. The average Bonchev–Trinajstić information content (AvgIpc) is 3.15. The van der Waals surface area contributed by atoms with Crippen LogP contribution in [0, 0.1) is 0 Å². The molecular formula is C22H22F3N3O5S. The first-order valence-corrected chi connectivity index (χ1v) is 11.0. The molecule has 8 nitrogen and oxygen atoms in total. The van der Waals surface area contributed by atoms with Gasteiger partial charge in [0, 0.05) is 18.7 Å². The maximum absolute atomic E-state index is 12.4. The summed E-state index contributed by atoms with van der Waals surface area (Å²) in [6.45, 7) is 3.77. The molecule has 3 aromatic rings. The number of thiazole rings is 1. The fourth-order valence-electron chi connectivity index (χ4n) is 2.86. The summed E-state index contributed by atoms with van der Waals surface area (Å²) in [5.74, 6) is -0.387. The van der Waals surface area contributed by atoms with Gasteiger partial charge in [0.2, 0.25) is 0 Å². The zero-order valence-corrected chi connectivity index (χ0v) is 19.1. The van der Waals surface area contributed by atoms with Crippen LogP contribution in [0.1, 0.15) is 19.4 Å². The second kappa shape index (κ2) is 11.1. The average molecular weight is 497 g/mol. The fourth-order valence-corrected chi connectivity index (χ4v) is 3.74. The normalized spacial score (nSPS) is 11.4. The molecule has 182 valence electrons. The Morgan fingerprint density at radius 3 is 2.47 bits per heavy atom. The van der Waals surface area contributed by atoms with Crippen LogP contribution in [0.3, 0.4) is 0 Å². The van der Waals surface area contributed by atoms with E-state index in [-0.39, 0.29) is 30.1 Å². The zero-order valence-electron chi connectivity index (χ0n) is 18.3. The number of ether oxygens (including phenoxy) is 3. The summed E-state index contributed by atoms with van der Waals surface area (Å²) in [5, 5.41) is 2.53. The highest BCUT2D eigenvalue weighted by molar-refractivity contribution is 7.22. The van der Waals surface area contributed by atoms with Gasteiger partial charge in [0.1, 0.15) is 19.0 Å². The summed E-state index contributed by atoms with van der Waals surface area (Å²) in [6.07, 6.45) is -6.18. The zero-order chi connectivity index (χ0) is 24.7. The first-order valence-electron chi connectivity index (χ1n) is 10.2. The van der Waals surface area contributed by atoms with Crippen molar-refractivity contribution in [2.75, 3.05) is 18.5 Å². The van der Waals surface area contributed by atoms with Crippen molar-refractivity contribution in [3.8, 4) is 5.75 Å². The molecule has 12 heteroatoms. The van der Waals surface area contributed by atoms with Gasteiger partial charge in [0.05, 0.1) is 10.2 Å². The van der Waals surface area contributed by atoms with Crippen LogP contribution in [0.4, 0.5) is 27.9 Å². The van der Waals surface area contributed by atoms with Gasteiger partial charge in [-0.2, -0.15) is 0 Å². The Balaban J connectivity index is 1.45. The molecule has 0 atom stereocenters. The number of rotatable bonds is 8. The Morgan fingerprint density at radius 2 is 1.79 bits per heavy atom. The van der Waals surface area contributed by atoms with Crippen molar-refractivity contribution in [2.45, 2.75) is 32.8 Å². The third kappa shape index (κ3) is 7.51. The Kier molecular flexibility index (Phi) is 8.16. The SMILES string of the molecule is CC(C)N(Cc1ccccc1)C(=O)OCCOC(=O)Nc1nc2ccc(OC(F)(F)F)cc2s1. The van der Waals surface area contributed by atoms with Gasteiger partial charge in [0.25, 0.3) is 0 Å². The number of carbonyl (C=O) groups excluding carboxylic acids is 2. The lowest BCUT2D eigenvalue weighted by Crippen LogP contribution is -2.37. The number of amides is 2. The lowest BCUT2D eigenvalue weighted by molar-refractivity contribution is -0.274. The summed E-state index contributed by atoms with van der Waals surface area (Å²) in [4.78, 5) is 30.0. The molecule has 0 aliphatic rings. The number of fused-ring (bicyclic) bond motifs is 1. The number of nitrogens with zero attached hydrogens (tertiary/aromatic N) is 2. The van der Waals surface area contributed by atoms with Crippen molar-refractivity contribution in [3.63, 3.8) is 0 Å². The van der Waals surface area contributed by atoms with E-state index in [1.54, 1.807) is 4.90 Å². The number of hydrogen-bond acceptors (Lipinski definition) is 7. The molecule has 1 N–H and O–H groups in total. The van der Waals surface area contributed by atoms with Crippen molar-refractivity contribution >= 4 is 38.9 Å². The van der Waals surface area contributed by atoms with Gasteiger partial charge in [0.15, 0.2) is 5.13 Å². The molecule has 0 saturated heterocycles. The van der Waals surface area contributed by atoms with Crippen LogP contribution in [0.25, 0.3) is 10.2 Å². The van der Waals surface area contributed by atoms with Crippen molar-refractivity contribution in [3.05, 3.63) is 54.1 Å². The van der Waals surface area contributed by atoms with Crippen LogP contribution >= 0.6 is 11.3 Å². The molecule has 0 unspecified atom stereocenters. The molecule has 2 amide bonds. The molecule has 1 aromatic heterocycles. The van der Waals surface area contributed by atoms with Gasteiger partial charge in [-0.1, -0.05) is 41.7 Å². The van der Waals surface area contributed by atoms with Crippen LogP contribution in [-0.4, -0.2) is 47.7 Å². The number of hydrogen-bond donors (Lipinski definition) is 1.